The van der Waals surface area contributed by atoms with E-state index < -0.39 is 0 Å². The monoisotopic (exact) mass is 249 g/mol. The van der Waals surface area contributed by atoms with Crippen molar-refractivity contribution in [3.05, 3.63) is 18.6 Å². The third-order valence-electron chi connectivity index (χ3n) is 2.45. The Hall–Kier alpha value is -2.35. The van der Waals surface area contributed by atoms with Crippen LogP contribution >= 0.6 is 0 Å². The van der Waals surface area contributed by atoms with Gasteiger partial charge in [0.15, 0.2) is 17.3 Å². The van der Waals surface area contributed by atoms with E-state index >= 15 is 0 Å². The number of rotatable bonds is 5. The summed E-state index contributed by atoms with van der Waals surface area (Å²) < 4.78 is 1.80. The van der Waals surface area contributed by atoms with Crippen molar-refractivity contribution in [1.82, 2.24) is 19.7 Å². The highest BCUT2D eigenvalue weighted by molar-refractivity contribution is 5.76. The molecule has 0 aliphatic rings. The molecule has 0 spiro atoms. The highest BCUT2D eigenvalue weighted by Crippen LogP contribution is 2.15. The molecule has 0 aliphatic carbocycles. The van der Waals surface area contributed by atoms with Gasteiger partial charge in [0.05, 0.1) is 6.20 Å². The summed E-state index contributed by atoms with van der Waals surface area (Å²) in [5.41, 5.74) is 3.17. The van der Waals surface area contributed by atoms with E-state index in [0.717, 1.165) is 0 Å². The van der Waals surface area contributed by atoms with Crippen LogP contribution in [0.1, 0.15) is 6.42 Å². The second kappa shape index (κ2) is 5.32. The fourth-order valence-corrected chi connectivity index (χ4v) is 1.54. The van der Waals surface area contributed by atoms with Gasteiger partial charge in [0.25, 0.3) is 0 Å². The van der Waals surface area contributed by atoms with E-state index in [-0.39, 0.29) is 5.91 Å². The maximum atomic E-state index is 11.1. The minimum absolute atomic E-state index is 0.0324. The SMILES string of the molecule is CNC(=O)CCNc1nc(NN)cn2ccnc12. The Labute approximate surface area is 104 Å². The normalized spacial score (nSPS) is 10.3. The summed E-state index contributed by atoms with van der Waals surface area (Å²) in [6.07, 6.45) is 5.56. The molecule has 0 saturated carbocycles. The Morgan fingerprint density at radius 2 is 2.39 bits per heavy atom. The molecule has 18 heavy (non-hydrogen) atoms. The van der Waals surface area contributed by atoms with Crippen LogP contribution in [0.4, 0.5) is 11.6 Å². The van der Waals surface area contributed by atoms with Crippen LogP contribution in [0, 0.1) is 0 Å². The van der Waals surface area contributed by atoms with E-state index in [1.54, 1.807) is 30.0 Å². The summed E-state index contributed by atoms with van der Waals surface area (Å²) in [4.78, 5) is 19.5. The van der Waals surface area contributed by atoms with Gasteiger partial charge in [0.2, 0.25) is 5.91 Å². The number of nitrogens with one attached hydrogen (secondary N) is 3. The first-order chi connectivity index (χ1) is 8.74. The number of carbonyl (C=O) groups excluding carboxylic acids is 1. The third kappa shape index (κ3) is 2.48. The number of nitrogen functional groups attached to an aromatic ring is 1. The third-order valence-corrected chi connectivity index (χ3v) is 2.45. The zero-order chi connectivity index (χ0) is 13.0. The average molecular weight is 249 g/mol. The first kappa shape index (κ1) is 12.1. The molecule has 0 fully saturated rings. The van der Waals surface area contributed by atoms with Gasteiger partial charge in [-0.3, -0.25) is 4.79 Å². The van der Waals surface area contributed by atoms with E-state index in [0.29, 0.717) is 30.2 Å². The summed E-state index contributed by atoms with van der Waals surface area (Å²) in [5, 5.41) is 5.62. The zero-order valence-electron chi connectivity index (χ0n) is 9.97. The number of anilines is 2. The zero-order valence-corrected chi connectivity index (χ0v) is 9.97. The number of hydrazine groups is 1. The van der Waals surface area contributed by atoms with Gasteiger partial charge in [0, 0.05) is 32.4 Å². The molecule has 0 radical (unpaired) electrons. The molecular formula is C10H15N7O. The number of hydrogen-bond donors (Lipinski definition) is 4. The van der Waals surface area contributed by atoms with Gasteiger partial charge in [-0.15, -0.1) is 0 Å². The van der Waals surface area contributed by atoms with Crippen LogP contribution in [0.2, 0.25) is 0 Å². The van der Waals surface area contributed by atoms with E-state index in [9.17, 15) is 4.79 Å². The minimum atomic E-state index is -0.0324. The Bertz CT molecular complexity index is 550. The van der Waals surface area contributed by atoms with Gasteiger partial charge < -0.3 is 20.5 Å². The molecule has 2 aromatic rings. The van der Waals surface area contributed by atoms with Crippen LogP contribution < -0.4 is 21.9 Å². The topological polar surface area (TPSA) is 109 Å². The van der Waals surface area contributed by atoms with Gasteiger partial charge >= 0.3 is 0 Å². The summed E-state index contributed by atoms with van der Waals surface area (Å²) in [6, 6.07) is 0. The Balaban J connectivity index is 2.15. The molecule has 2 aromatic heterocycles. The molecule has 0 saturated heterocycles. The second-order valence-corrected chi connectivity index (χ2v) is 3.63. The van der Waals surface area contributed by atoms with Crippen molar-refractivity contribution >= 4 is 23.2 Å². The number of aromatic nitrogens is 3. The second-order valence-electron chi connectivity index (χ2n) is 3.63. The molecule has 0 bridgehead atoms. The first-order valence-corrected chi connectivity index (χ1v) is 5.49. The number of hydrogen-bond acceptors (Lipinski definition) is 6. The Morgan fingerprint density at radius 1 is 1.56 bits per heavy atom. The predicted octanol–water partition coefficient (Wildman–Crippen LogP) is -0.437. The van der Waals surface area contributed by atoms with E-state index in [4.69, 9.17) is 5.84 Å². The van der Waals surface area contributed by atoms with E-state index in [2.05, 4.69) is 26.0 Å². The lowest BCUT2D eigenvalue weighted by Gasteiger charge is -2.08. The highest BCUT2D eigenvalue weighted by Gasteiger charge is 2.07. The van der Waals surface area contributed by atoms with Crippen LogP contribution in [-0.4, -0.2) is 33.9 Å². The summed E-state index contributed by atoms with van der Waals surface area (Å²) in [6.45, 7) is 0.475. The van der Waals surface area contributed by atoms with Crippen LogP contribution in [0.3, 0.4) is 0 Å². The fourth-order valence-electron chi connectivity index (χ4n) is 1.54. The quantitative estimate of drug-likeness (QED) is 0.422. The standard InChI is InChI=1S/C10H15N7O/c1-12-8(18)2-3-13-9-10-14-4-5-17(10)6-7(15-9)16-11/h4-6,16H,2-3,11H2,1H3,(H,12,18)(H,13,15). The number of nitrogens with two attached hydrogens (primary N) is 1. The number of nitrogens with zero attached hydrogens (tertiary/aromatic N) is 3. The van der Waals surface area contributed by atoms with Crippen molar-refractivity contribution in [2.45, 2.75) is 6.42 Å². The molecule has 2 heterocycles. The summed E-state index contributed by atoms with van der Waals surface area (Å²) in [5.74, 6) is 6.41. The number of amides is 1. The van der Waals surface area contributed by atoms with Crippen LogP contribution in [0.5, 0.6) is 0 Å². The van der Waals surface area contributed by atoms with Gasteiger partial charge in [-0.25, -0.2) is 15.8 Å². The minimum Gasteiger partial charge on any atom is -0.366 e. The lowest BCUT2D eigenvalue weighted by Crippen LogP contribution is -2.21. The van der Waals surface area contributed by atoms with Crippen LogP contribution in [-0.2, 0) is 4.79 Å². The molecule has 0 atom stereocenters. The van der Waals surface area contributed by atoms with E-state index in [1.807, 2.05) is 0 Å². The molecule has 0 aromatic carbocycles. The number of fused-ring (bicyclic) bond motifs is 1. The predicted molar refractivity (Wildman–Crippen MR) is 68.0 cm³/mol. The smallest absolute Gasteiger partial charge is 0.221 e. The lowest BCUT2D eigenvalue weighted by atomic mass is 10.4. The lowest BCUT2D eigenvalue weighted by molar-refractivity contribution is -0.120. The average Bonchev–Trinajstić information content (AvgIpc) is 2.86. The maximum Gasteiger partial charge on any atom is 0.221 e. The van der Waals surface area contributed by atoms with E-state index in [1.165, 1.54) is 0 Å². The van der Waals surface area contributed by atoms with Gasteiger partial charge in [0.1, 0.15) is 0 Å². The maximum absolute atomic E-state index is 11.1. The Kier molecular flexibility index (Phi) is 3.58. The van der Waals surface area contributed by atoms with Gasteiger partial charge in [-0.2, -0.15) is 0 Å². The molecule has 1 amide bonds. The molecule has 8 nitrogen and oxygen atoms in total. The van der Waals surface area contributed by atoms with Crippen molar-refractivity contribution < 1.29 is 4.79 Å². The molecule has 8 heteroatoms. The summed E-state index contributed by atoms with van der Waals surface area (Å²) in [7, 11) is 1.60. The molecular weight excluding hydrogens is 234 g/mol. The van der Waals surface area contributed by atoms with Crippen molar-refractivity contribution in [2.24, 2.45) is 5.84 Å². The van der Waals surface area contributed by atoms with Crippen molar-refractivity contribution in [3.63, 3.8) is 0 Å². The molecule has 0 unspecified atom stereocenters. The Morgan fingerprint density at radius 3 is 3.11 bits per heavy atom. The highest BCUT2D eigenvalue weighted by atomic mass is 16.1. The number of imidazole rings is 1. The number of carbonyl (C=O) groups is 1. The van der Waals surface area contributed by atoms with Crippen molar-refractivity contribution in [2.75, 3.05) is 24.3 Å². The van der Waals surface area contributed by atoms with Crippen LogP contribution in [0.25, 0.3) is 5.65 Å². The van der Waals surface area contributed by atoms with Crippen molar-refractivity contribution in [3.8, 4) is 0 Å². The van der Waals surface area contributed by atoms with Gasteiger partial charge in [-0.05, 0) is 0 Å². The molecule has 5 N–H and O–H groups in total. The first-order valence-electron chi connectivity index (χ1n) is 5.49. The molecule has 0 aliphatic heterocycles. The van der Waals surface area contributed by atoms with Crippen molar-refractivity contribution in [1.29, 1.82) is 0 Å². The van der Waals surface area contributed by atoms with Crippen LogP contribution in [0.15, 0.2) is 18.6 Å². The largest absolute Gasteiger partial charge is 0.366 e. The molecule has 2 rings (SSSR count). The molecule has 96 valence electrons. The summed E-state index contributed by atoms with van der Waals surface area (Å²) >= 11 is 0. The fraction of sp³-hybridized carbons (Fsp3) is 0.300. The van der Waals surface area contributed by atoms with Gasteiger partial charge in [-0.1, -0.05) is 0 Å².